The molecule has 1 aromatic carbocycles. The standard InChI is InChI=1S/C10H15.Hf/c1-8-5-6-9(7-8)10(2,3)4;/h5-7H,1-4H3;/q-1;. The van der Waals surface area contributed by atoms with Crippen LogP contribution in [0, 0.1) is 6.92 Å². The van der Waals surface area contributed by atoms with Gasteiger partial charge in [0.05, 0.1) is 0 Å². The smallest absolute Gasteiger partial charge is 0 e. The number of rotatable bonds is 0. The van der Waals surface area contributed by atoms with Crippen molar-refractivity contribution in [3.8, 4) is 0 Å². The Balaban J connectivity index is 0.000001000. The van der Waals surface area contributed by atoms with Gasteiger partial charge in [0.1, 0.15) is 0 Å². The molecule has 0 radical (unpaired) electrons. The van der Waals surface area contributed by atoms with E-state index in [4.69, 9.17) is 0 Å². The van der Waals surface area contributed by atoms with Gasteiger partial charge in [0, 0.05) is 25.8 Å². The number of aryl methyl sites for hydroxylation is 1. The van der Waals surface area contributed by atoms with Crippen LogP contribution in [0.3, 0.4) is 0 Å². The van der Waals surface area contributed by atoms with Crippen LogP contribution in [0.25, 0.3) is 0 Å². The van der Waals surface area contributed by atoms with Crippen LogP contribution < -0.4 is 0 Å². The molecule has 1 heteroatoms. The molecule has 0 heterocycles. The molecule has 0 atom stereocenters. The van der Waals surface area contributed by atoms with E-state index in [2.05, 4.69) is 45.9 Å². The van der Waals surface area contributed by atoms with Crippen LogP contribution in [-0.4, -0.2) is 0 Å². The average molecular weight is 314 g/mol. The summed E-state index contributed by atoms with van der Waals surface area (Å²) in [4.78, 5) is 0. The fourth-order valence-corrected chi connectivity index (χ4v) is 1.03. The number of hydrogen-bond donors (Lipinski definition) is 0. The molecule has 60 valence electrons. The van der Waals surface area contributed by atoms with E-state index < -0.39 is 0 Å². The Kier molecular flexibility index (Phi) is 3.83. The van der Waals surface area contributed by atoms with Crippen molar-refractivity contribution in [3.05, 3.63) is 29.3 Å². The molecule has 0 fully saturated rings. The van der Waals surface area contributed by atoms with Gasteiger partial charge >= 0.3 is 0 Å². The second kappa shape index (κ2) is 3.75. The van der Waals surface area contributed by atoms with E-state index in [0.29, 0.717) is 5.41 Å². The van der Waals surface area contributed by atoms with Crippen molar-refractivity contribution in [3.63, 3.8) is 0 Å². The molecule has 0 bridgehead atoms. The zero-order valence-corrected chi connectivity index (χ0v) is 11.3. The maximum absolute atomic E-state index is 2.25. The summed E-state index contributed by atoms with van der Waals surface area (Å²) < 4.78 is 0. The first kappa shape index (κ1) is 11.2. The van der Waals surface area contributed by atoms with E-state index in [1.807, 2.05) is 0 Å². The van der Waals surface area contributed by atoms with Crippen molar-refractivity contribution in [1.82, 2.24) is 0 Å². The molecule has 0 amide bonds. The summed E-state index contributed by atoms with van der Waals surface area (Å²) in [5.41, 5.74) is 3.11. The molecule has 11 heavy (non-hydrogen) atoms. The summed E-state index contributed by atoms with van der Waals surface area (Å²) in [6.07, 6.45) is 0. The van der Waals surface area contributed by atoms with E-state index in [-0.39, 0.29) is 25.8 Å². The van der Waals surface area contributed by atoms with Crippen molar-refractivity contribution < 1.29 is 25.8 Å². The summed E-state index contributed by atoms with van der Waals surface area (Å²) in [5.74, 6) is 0. The maximum atomic E-state index is 2.25. The van der Waals surface area contributed by atoms with Crippen LogP contribution in [0.2, 0.25) is 0 Å². The second-order valence-electron chi connectivity index (χ2n) is 3.93. The molecule has 1 aromatic rings. The van der Waals surface area contributed by atoms with Crippen molar-refractivity contribution in [2.45, 2.75) is 33.1 Å². The Morgan fingerprint density at radius 1 is 1.27 bits per heavy atom. The minimum atomic E-state index is 0. The third-order valence-corrected chi connectivity index (χ3v) is 1.77. The van der Waals surface area contributed by atoms with E-state index in [9.17, 15) is 0 Å². The van der Waals surface area contributed by atoms with Crippen LogP contribution in [-0.2, 0) is 31.3 Å². The van der Waals surface area contributed by atoms with Crippen molar-refractivity contribution in [2.75, 3.05) is 0 Å². The Morgan fingerprint density at radius 2 is 1.82 bits per heavy atom. The Bertz CT molecular complexity index is 215. The summed E-state index contributed by atoms with van der Waals surface area (Å²) in [6, 6.07) is 6.62. The second-order valence-corrected chi connectivity index (χ2v) is 3.93. The predicted octanol–water partition coefficient (Wildman–Crippen LogP) is 3.01. The molecular formula is C10H15Hf-. The first-order valence-corrected chi connectivity index (χ1v) is 3.74. The van der Waals surface area contributed by atoms with Gasteiger partial charge in [0.15, 0.2) is 0 Å². The minimum absolute atomic E-state index is 0. The predicted molar refractivity (Wildman–Crippen MR) is 45.5 cm³/mol. The van der Waals surface area contributed by atoms with Crippen molar-refractivity contribution in [2.24, 2.45) is 0 Å². The first-order chi connectivity index (χ1) is 4.50. The summed E-state index contributed by atoms with van der Waals surface area (Å²) in [6.45, 7) is 8.85. The summed E-state index contributed by atoms with van der Waals surface area (Å²) >= 11 is 0. The van der Waals surface area contributed by atoms with Crippen molar-refractivity contribution in [1.29, 1.82) is 0 Å². The monoisotopic (exact) mass is 315 g/mol. The first-order valence-electron chi connectivity index (χ1n) is 3.74. The molecule has 0 spiro atoms. The van der Waals surface area contributed by atoms with Gasteiger partial charge in [0.2, 0.25) is 0 Å². The van der Waals surface area contributed by atoms with E-state index in [0.717, 1.165) is 0 Å². The van der Waals surface area contributed by atoms with E-state index >= 15 is 0 Å². The summed E-state index contributed by atoms with van der Waals surface area (Å²) in [5, 5.41) is 0. The molecule has 0 saturated carbocycles. The zero-order valence-electron chi connectivity index (χ0n) is 7.73. The van der Waals surface area contributed by atoms with Crippen LogP contribution in [0.5, 0.6) is 0 Å². The third kappa shape index (κ3) is 2.98. The topological polar surface area (TPSA) is 0 Å². The normalized spacial score (nSPS) is 10.9. The van der Waals surface area contributed by atoms with Gasteiger partial charge in [-0.3, -0.25) is 0 Å². The molecule has 0 nitrogen and oxygen atoms in total. The molecule has 0 aliphatic carbocycles. The van der Waals surface area contributed by atoms with Crippen LogP contribution >= 0.6 is 0 Å². The number of hydrogen-bond acceptors (Lipinski definition) is 0. The van der Waals surface area contributed by atoms with Crippen LogP contribution in [0.4, 0.5) is 0 Å². The fraction of sp³-hybridized carbons (Fsp3) is 0.500. The molecule has 0 unspecified atom stereocenters. The van der Waals surface area contributed by atoms with Crippen LogP contribution in [0.1, 0.15) is 31.9 Å². The average Bonchev–Trinajstić information content (AvgIpc) is 2.11. The Morgan fingerprint density at radius 3 is 2.00 bits per heavy atom. The zero-order chi connectivity index (χ0) is 7.78. The van der Waals surface area contributed by atoms with Gasteiger partial charge in [-0.1, -0.05) is 33.1 Å². The molecular weight excluding hydrogens is 299 g/mol. The molecule has 1 rings (SSSR count). The Labute approximate surface area is 88.2 Å². The van der Waals surface area contributed by atoms with E-state index in [1.54, 1.807) is 0 Å². The quantitative estimate of drug-likeness (QED) is 0.510. The molecule has 0 N–H and O–H groups in total. The van der Waals surface area contributed by atoms with Gasteiger partial charge < -0.3 is 0 Å². The fourth-order valence-electron chi connectivity index (χ4n) is 1.03. The SMILES string of the molecule is Cc1cc(C(C)(C)C)c[cH-]1.[Hf]. The third-order valence-electron chi connectivity index (χ3n) is 1.77. The maximum Gasteiger partial charge on any atom is 0 e. The molecule has 0 aliphatic heterocycles. The minimum Gasteiger partial charge on any atom is -0.207 e. The van der Waals surface area contributed by atoms with Gasteiger partial charge in [-0.05, 0) is 0 Å². The Hall–Kier alpha value is 0.220. The van der Waals surface area contributed by atoms with Gasteiger partial charge in [0.25, 0.3) is 0 Å². The largest absolute Gasteiger partial charge is 0.207 e. The molecule has 0 saturated heterocycles. The van der Waals surface area contributed by atoms with Gasteiger partial charge in [-0.2, -0.15) is 23.3 Å². The summed E-state index contributed by atoms with van der Waals surface area (Å²) in [7, 11) is 0. The van der Waals surface area contributed by atoms with Gasteiger partial charge in [-0.15, -0.1) is 0 Å². The van der Waals surface area contributed by atoms with Crippen LogP contribution in [0.15, 0.2) is 18.2 Å². The van der Waals surface area contributed by atoms with Crippen molar-refractivity contribution >= 4 is 0 Å². The molecule has 0 aliphatic rings. The van der Waals surface area contributed by atoms with E-state index in [1.165, 1.54) is 11.1 Å². The van der Waals surface area contributed by atoms with Gasteiger partial charge in [-0.25, -0.2) is 6.07 Å². The molecule has 0 aromatic heterocycles.